The number of carbonyl (C=O) groups excluding carboxylic acids is 1. The number of aromatic nitrogens is 2. The maximum atomic E-state index is 13.2. The molecule has 4 aliphatic carbocycles. The molecule has 5 aliphatic rings. The van der Waals surface area contributed by atoms with Gasteiger partial charge in [0.15, 0.2) is 5.16 Å². The summed E-state index contributed by atoms with van der Waals surface area (Å²) in [5.41, 5.74) is 0.794. The van der Waals surface area contributed by atoms with Gasteiger partial charge in [-0.3, -0.25) is 4.79 Å². The summed E-state index contributed by atoms with van der Waals surface area (Å²) in [6.07, 6.45) is 10.2. The van der Waals surface area contributed by atoms with Crippen LogP contribution in [0.4, 0.5) is 0 Å². The first-order chi connectivity index (χ1) is 13.0. The Hall–Kier alpha value is -1.18. The van der Waals surface area contributed by atoms with Crippen LogP contribution in [0.3, 0.4) is 0 Å². The van der Waals surface area contributed by atoms with Gasteiger partial charge in [-0.15, -0.1) is 0 Å². The molecule has 3 atom stereocenters. The van der Waals surface area contributed by atoms with Crippen molar-refractivity contribution in [2.45, 2.75) is 67.8 Å². The zero-order valence-corrected chi connectivity index (χ0v) is 16.5. The Morgan fingerprint density at radius 1 is 1.33 bits per heavy atom. The summed E-state index contributed by atoms with van der Waals surface area (Å²) in [6, 6.07) is 0.159. The van der Waals surface area contributed by atoms with Crippen LogP contribution in [-0.2, 0) is 4.74 Å². The van der Waals surface area contributed by atoms with E-state index in [1.807, 2.05) is 6.26 Å². The number of ether oxygens (including phenoxy) is 1. The van der Waals surface area contributed by atoms with E-state index in [1.165, 1.54) is 11.8 Å². The highest BCUT2D eigenvalue weighted by atomic mass is 32.2. The number of nitrogens with zero attached hydrogens (tertiary/aromatic N) is 2. The first kappa shape index (κ1) is 17.9. The molecule has 1 saturated heterocycles. The van der Waals surface area contributed by atoms with E-state index in [0.717, 1.165) is 57.2 Å². The Balaban J connectivity index is 1.38. The van der Waals surface area contributed by atoms with Crippen molar-refractivity contribution in [3.8, 4) is 0 Å². The Labute approximate surface area is 163 Å². The van der Waals surface area contributed by atoms with Crippen molar-refractivity contribution in [1.29, 1.82) is 0 Å². The molecule has 4 saturated carbocycles. The summed E-state index contributed by atoms with van der Waals surface area (Å²) in [5, 5.41) is 14.7. The molecule has 2 N–H and O–H groups in total. The Bertz CT molecular complexity index is 736. The van der Waals surface area contributed by atoms with Crippen LogP contribution < -0.4 is 5.32 Å². The van der Waals surface area contributed by atoms with Gasteiger partial charge in [-0.2, -0.15) is 0 Å². The van der Waals surface area contributed by atoms with E-state index in [1.54, 1.807) is 6.20 Å². The number of hydrogen-bond donors (Lipinski definition) is 2. The van der Waals surface area contributed by atoms with E-state index < -0.39 is 5.60 Å². The van der Waals surface area contributed by atoms with Gasteiger partial charge in [0.2, 0.25) is 0 Å². The van der Waals surface area contributed by atoms with E-state index in [2.05, 4.69) is 15.3 Å². The lowest BCUT2D eigenvalue weighted by Gasteiger charge is -2.58. The summed E-state index contributed by atoms with van der Waals surface area (Å²) in [6.45, 7) is 0.719. The maximum absolute atomic E-state index is 13.2. The van der Waals surface area contributed by atoms with Gasteiger partial charge < -0.3 is 15.2 Å². The first-order valence-corrected chi connectivity index (χ1v) is 11.3. The summed E-state index contributed by atoms with van der Waals surface area (Å²) in [5.74, 6) is 1.33. The molecule has 6 nitrogen and oxygen atoms in total. The minimum absolute atomic E-state index is 0.0855. The lowest BCUT2D eigenvalue weighted by atomic mass is 9.52. The van der Waals surface area contributed by atoms with E-state index in [0.29, 0.717) is 28.5 Å². The quantitative estimate of drug-likeness (QED) is 0.608. The van der Waals surface area contributed by atoms with Crippen LogP contribution >= 0.6 is 11.8 Å². The van der Waals surface area contributed by atoms with Gasteiger partial charge in [-0.25, -0.2) is 9.97 Å². The summed E-state index contributed by atoms with van der Waals surface area (Å²) in [4.78, 5) is 22.1. The average Bonchev–Trinajstić information content (AvgIpc) is 3.17. The van der Waals surface area contributed by atoms with E-state index in [4.69, 9.17) is 4.74 Å². The van der Waals surface area contributed by atoms with Gasteiger partial charge in [0.1, 0.15) is 6.10 Å². The third-order valence-electron chi connectivity index (χ3n) is 7.00. The number of nitrogens with one attached hydrogen (secondary N) is 1. The van der Waals surface area contributed by atoms with E-state index in [-0.39, 0.29) is 18.1 Å². The third-order valence-corrected chi connectivity index (χ3v) is 7.56. The molecule has 0 spiro atoms. The van der Waals surface area contributed by atoms with Crippen LogP contribution in [-0.4, -0.2) is 45.5 Å². The van der Waals surface area contributed by atoms with Crippen LogP contribution in [0.15, 0.2) is 11.4 Å². The average molecular weight is 390 g/mol. The molecule has 2 heterocycles. The van der Waals surface area contributed by atoms with Crippen molar-refractivity contribution >= 4 is 17.7 Å². The van der Waals surface area contributed by atoms with Crippen molar-refractivity contribution in [3.63, 3.8) is 0 Å². The second kappa shape index (κ2) is 6.71. The second-order valence-corrected chi connectivity index (χ2v) is 9.62. The molecule has 1 aliphatic heterocycles. The standard InChI is InChI=1S/C20H27N3O3S/c1-27-19-21-10-14(17(23-19)15-3-2-4-26-15)18(24)22-16-12-5-11-6-13(16)9-20(25,7-11)8-12/h10-13,15-16,25H,2-9H2,1H3,(H,22,24)/t11?,12?,13?,15?,16-,20+. The minimum Gasteiger partial charge on any atom is -0.390 e. The fourth-order valence-electron chi connectivity index (χ4n) is 6.14. The minimum atomic E-state index is -0.482. The highest BCUT2D eigenvalue weighted by Gasteiger charge is 2.55. The summed E-state index contributed by atoms with van der Waals surface area (Å²) in [7, 11) is 0. The highest BCUT2D eigenvalue weighted by molar-refractivity contribution is 7.98. The molecule has 27 heavy (non-hydrogen) atoms. The smallest absolute Gasteiger partial charge is 0.255 e. The molecule has 4 bridgehead atoms. The summed E-state index contributed by atoms with van der Waals surface area (Å²) >= 11 is 1.48. The topological polar surface area (TPSA) is 84.3 Å². The molecule has 5 fully saturated rings. The monoisotopic (exact) mass is 389 g/mol. The van der Waals surface area contributed by atoms with Gasteiger partial charge in [-0.05, 0) is 69.0 Å². The fourth-order valence-corrected chi connectivity index (χ4v) is 6.48. The number of rotatable bonds is 4. The fraction of sp³-hybridized carbons (Fsp3) is 0.750. The van der Waals surface area contributed by atoms with Gasteiger partial charge in [0.25, 0.3) is 5.91 Å². The van der Waals surface area contributed by atoms with E-state index >= 15 is 0 Å². The summed E-state index contributed by atoms with van der Waals surface area (Å²) < 4.78 is 5.81. The molecule has 146 valence electrons. The van der Waals surface area contributed by atoms with Crippen LogP contribution in [0.1, 0.15) is 67.1 Å². The first-order valence-electron chi connectivity index (χ1n) is 10.1. The molecule has 1 amide bonds. The Morgan fingerprint density at radius 3 is 2.74 bits per heavy atom. The van der Waals surface area contributed by atoms with E-state index in [9.17, 15) is 9.90 Å². The van der Waals surface area contributed by atoms with Crippen LogP contribution in [0.5, 0.6) is 0 Å². The lowest BCUT2D eigenvalue weighted by molar-refractivity contribution is -0.136. The molecule has 3 unspecified atom stereocenters. The molecule has 0 radical (unpaired) electrons. The molecular formula is C20H27N3O3S. The number of amides is 1. The van der Waals surface area contributed by atoms with Crippen molar-refractivity contribution in [2.75, 3.05) is 12.9 Å². The van der Waals surface area contributed by atoms with Crippen molar-refractivity contribution < 1.29 is 14.6 Å². The van der Waals surface area contributed by atoms with Crippen molar-refractivity contribution in [2.24, 2.45) is 17.8 Å². The number of carbonyl (C=O) groups is 1. The SMILES string of the molecule is CSc1ncc(C(=O)N[C@H]2C3CC4CC2C[C@@](O)(C4)C3)c(C2CCCO2)n1. The molecule has 6 rings (SSSR count). The highest BCUT2D eigenvalue weighted by Crippen LogP contribution is 2.55. The van der Waals surface area contributed by atoms with Gasteiger partial charge >= 0.3 is 0 Å². The molecule has 0 aromatic carbocycles. The Morgan fingerprint density at radius 2 is 2.11 bits per heavy atom. The molecule has 1 aromatic rings. The Kier molecular flexibility index (Phi) is 4.44. The predicted octanol–water partition coefficient (Wildman–Crippen LogP) is 2.72. The number of aliphatic hydroxyl groups is 1. The lowest BCUT2D eigenvalue weighted by Crippen LogP contribution is -2.61. The maximum Gasteiger partial charge on any atom is 0.255 e. The largest absolute Gasteiger partial charge is 0.390 e. The molecule has 1 aromatic heterocycles. The third kappa shape index (κ3) is 3.17. The second-order valence-electron chi connectivity index (χ2n) is 8.85. The predicted molar refractivity (Wildman–Crippen MR) is 101 cm³/mol. The van der Waals surface area contributed by atoms with Gasteiger partial charge in [0.05, 0.1) is 16.9 Å². The van der Waals surface area contributed by atoms with Crippen molar-refractivity contribution in [1.82, 2.24) is 15.3 Å². The van der Waals surface area contributed by atoms with Crippen LogP contribution in [0, 0.1) is 17.8 Å². The molecule has 7 heteroatoms. The van der Waals surface area contributed by atoms with Crippen LogP contribution in [0.25, 0.3) is 0 Å². The number of thioether (sulfide) groups is 1. The molecular weight excluding hydrogens is 362 g/mol. The van der Waals surface area contributed by atoms with Gasteiger partial charge in [-0.1, -0.05) is 11.8 Å². The number of hydrogen-bond acceptors (Lipinski definition) is 6. The van der Waals surface area contributed by atoms with Crippen LogP contribution in [0.2, 0.25) is 0 Å². The zero-order chi connectivity index (χ0) is 18.6. The van der Waals surface area contributed by atoms with Gasteiger partial charge in [0, 0.05) is 18.8 Å². The van der Waals surface area contributed by atoms with Crippen molar-refractivity contribution in [3.05, 3.63) is 17.5 Å². The zero-order valence-electron chi connectivity index (χ0n) is 15.7. The normalized spacial score (nSPS) is 39.7.